The van der Waals surface area contributed by atoms with Crippen molar-refractivity contribution in [2.45, 2.75) is 33.2 Å². The second-order valence-electron chi connectivity index (χ2n) is 4.44. The van der Waals surface area contributed by atoms with E-state index in [1.165, 1.54) is 0 Å². The molecule has 0 heterocycles. The minimum atomic E-state index is -0.175. The maximum absolute atomic E-state index is 12.3. The highest BCUT2D eigenvalue weighted by Gasteiger charge is 2.20. The molecule has 18 heavy (non-hydrogen) atoms. The van der Waals surface area contributed by atoms with Gasteiger partial charge >= 0.3 is 0 Å². The van der Waals surface area contributed by atoms with E-state index in [9.17, 15) is 4.79 Å². The molecule has 3 heteroatoms. The van der Waals surface area contributed by atoms with Crippen molar-refractivity contribution in [3.8, 4) is 6.07 Å². The zero-order valence-electron chi connectivity index (χ0n) is 11.3. The maximum Gasteiger partial charge on any atom is 0.179 e. The van der Waals surface area contributed by atoms with Crippen molar-refractivity contribution in [1.82, 2.24) is 4.90 Å². The first-order valence-electron chi connectivity index (χ1n) is 6.32. The Balaban J connectivity index is 2.76. The third kappa shape index (κ3) is 3.68. The maximum atomic E-state index is 12.3. The molecule has 0 aromatic heterocycles. The van der Waals surface area contributed by atoms with Gasteiger partial charge in [-0.2, -0.15) is 5.26 Å². The molecule has 0 N–H and O–H groups in total. The average Bonchev–Trinajstić information content (AvgIpc) is 2.39. The lowest BCUT2D eigenvalue weighted by Crippen LogP contribution is -2.39. The molecule has 0 saturated carbocycles. The van der Waals surface area contributed by atoms with Crippen molar-refractivity contribution in [3.63, 3.8) is 0 Å². The molecule has 0 aliphatic rings. The third-order valence-corrected chi connectivity index (χ3v) is 3.18. The Kier molecular flexibility index (Phi) is 5.54. The van der Waals surface area contributed by atoms with Crippen molar-refractivity contribution in [2.24, 2.45) is 0 Å². The largest absolute Gasteiger partial charge is 0.293 e. The summed E-state index contributed by atoms with van der Waals surface area (Å²) in [6.45, 7) is 7.34. The van der Waals surface area contributed by atoms with E-state index in [2.05, 4.69) is 6.07 Å². The van der Waals surface area contributed by atoms with E-state index >= 15 is 0 Å². The van der Waals surface area contributed by atoms with Gasteiger partial charge in [0, 0.05) is 18.5 Å². The Bertz CT molecular complexity index is 431. The summed E-state index contributed by atoms with van der Waals surface area (Å²) in [5, 5.41) is 8.62. The van der Waals surface area contributed by atoms with Gasteiger partial charge in [0.15, 0.2) is 5.78 Å². The predicted molar refractivity (Wildman–Crippen MR) is 72.4 cm³/mol. The van der Waals surface area contributed by atoms with Crippen LogP contribution in [-0.4, -0.2) is 29.8 Å². The van der Waals surface area contributed by atoms with Gasteiger partial charge < -0.3 is 0 Å². The zero-order valence-corrected chi connectivity index (χ0v) is 11.3. The fraction of sp³-hybridized carbons (Fsp3) is 0.467. The Hall–Kier alpha value is -1.66. The van der Waals surface area contributed by atoms with Crippen molar-refractivity contribution < 1.29 is 4.79 Å². The lowest BCUT2D eigenvalue weighted by molar-refractivity contribution is 0.0847. The van der Waals surface area contributed by atoms with Crippen LogP contribution in [0.2, 0.25) is 0 Å². The quantitative estimate of drug-likeness (QED) is 0.723. The average molecular weight is 244 g/mol. The monoisotopic (exact) mass is 244 g/mol. The molecule has 0 aliphatic heterocycles. The van der Waals surface area contributed by atoms with Crippen molar-refractivity contribution >= 4 is 5.78 Å². The van der Waals surface area contributed by atoms with Gasteiger partial charge in [0.2, 0.25) is 0 Å². The minimum Gasteiger partial charge on any atom is -0.293 e. The molecule has 0 fully saturated rings. The molecule has 0 spiro atoms. The van der Waals surface area contributed by atoms with E-state index in [0.717, 1.165) is 17.7 Å². The number of Topliss-reactive ketones (excluding diaryl/α,β-unsaturated/α-hetero) is 1. The summed E-state index contributed by atoms with van der Waals surface area (Å²) in [5.74, 6) is 0.120. The number of aryl methyl sites for hydroxylation is 1. The summed E-state index contributed by atoms with van der Waals surface area (Å²) in [6.07, 6.45) is 0.458. The van der Waals surface area contributed by atoms with Crippen LogP contribution in [0.1, 0.15) is 36.2 Å². The zero-order chi connectivity index (χ0) is 13.5. The molecule has 1 unspecified atom stereocenters. The smallest absolute Gasteiger partial charge is 0.179 e. The molecular weight excluding hydrogens is 224 g/mol. The molecule has 1 aromatic carbocycles. The normalized spacial score (nSPS) is 12.2. The second kappa shape index (κ2) is 6.93. The van der Waals surface area contributed by atoms with Gasteiger partial charge in [0.25, 0.3) is 0 Å². The van der Waals surface area contributed by atoms with Crippen LogP contribution in [0, 0.1) is 18.3 Å². The lowest BCUT2D eigenvalue weighted by atomic mass is 10.0. The molecule has 0 saturated heterocycles. The number of benzene rings is 1. The van der Waals surface area contributed by atoms with Crippen LogP contribution in [0.4, 0.5) is 0 Å². The van der Waals surface area contributed by atoms with Crippen LogP contribution >= 0.6 is 0 Å². The molecule has 0 radical (unpaired) electrons. The highest BCUT2D eigenvalue weighted by Crippen LogP contribution is 2.10. The summed E-state index contributed by atoms with van der Waals surface area (Å²) >= 11 is 0. The Morgan fingerprint density at radius 3 is 2.50 bits per heavy atom. The molecule has 0 amide bonds. The van der Waals surface area contributed by atoms with E-state index in [4.69, 9.17) is 5.26 Å². The Morgan fingerprint density at radius 1 is 1.39 bits per heavy atom. The van der Waals surface area contributed by atoms with Crippen LogP contribution in [-0.2, 0) is 0 Å². The molecule has 1 aromatic rings. The van der Waals surface area contributed by atoms with Gasteiger partial charge in [-0.05, 0) is 20.4 Å². The first-order valence-corrected chi connectivity index (χ1v) is 6.32. The predicted octanol–water partition coefficient (Wildman–Crippen LogP) is 2.80. The standard InChI is InChI=1S/C15H20N2O/c1-4-17(11-5-10-16)13(3)15(18)14-8-6-12(2)7-9-14/h6-9,13H,4-5,11H2,1-3H3. The van der Waals surface area contributed by atoms with Gasteiger partial charge in [-0.1, -0.05) is 36.8 Å². The SMILES string of the molecule is CCN(CCC#N)C(C)C(=O)c1ccc(C)cc1. The number of carbonyl (C=O) groups excluding carboxylic acids is 1. The molecule has 96 valence electrons. The molecule has 0 bridgehead atoms. The summed E-state index contributed by atoms with van der Waals surface area (Å²) < 4.78 is 0. The molecule has 1 rings (SSSR count). The highest BCUT2D eigenvalue weighted by atomic mass is 16.1. The van der Waals surface area contributed by atoms with E-state index < -0.39 is 0 Å². The first kappa shape index (κ1) is 14.4. The molecule has 1 atom stereocenters. The number of hydrogen-bond acceptors (Lipinski definition) is 3. The minimum absolute atomic E-state index is 0.120. The topological polar surface area (TPSA) is 44.1 Å². The van der Waals surface area contributed by atoms with Gasteiger partial charge in [-0.25, -0.2) is 0 Å². The van der Waals surface area contributed by atoms with E-state index in [1.54, 1.807) is 0 Å². The van der Waals surface area contributed by atoms with Crippen molar-refractivity contribution in [2.75, 3.05) is 13.1 Å². The van der Waals surface area contributed by atoms with Crippen molar-refractivity contribution in [1.29, 1.82) is 5.26 Å². The third-order valence-electron chi connectivity index (χ3n) is 3.18. The summed E-state index contributed by atoms with van der Waals surface area (Å²) in [5.41, 5.74) is 1.89. The summed E-state index contributed by atoms with van der Waals surface area (Å²) in [6, 6.07) is 9.58. The van der Waals surface area contributed by atoms with Gasteiger partial charge in [-0.15, -0.1) is 0 Å². The van der Waals surface area contributed by atoms with E-state index in [-0.39, 0.29) is 11.8 Å². The second-order valence-corrected chi connectivity index (χ2v) is 4.44. The summed E-state index contributed by atoms with van der Waals surface area (Å²) in [7, 11) is 0. The van der Waals surface area contributed by atoms with Crippen LogP contribution in [0.25, 0.3) is 0 Å². The van der Waals surface area contributed by atoms with Crippen LogP contribution in [0.15, 0.2) is 24.3 Å². The van der Waals surface area contributed by atoms with Gasteiger partial charge in [0.1, 0.15) is 0 Å². The molecular formula is C15H20N2O. The fourth-order valence-corrected chi connectivity index (χ4v) is 1.94. The highest BCUT2D eigenvalue weighted by molar-refractivity contribution is 5.99. The van der Waals surface area contributed by atoms with Gasteiger partial charge in [-0.3, -0.25) is 9.69 Å². The number of hydrogen-bond donors (Lipinski definition) is 0. The van der Waals surface area contributed by atoms with E-state index in [0.29, 0.717) is 13.0 Å². The van der Waals surface area contributed by atoms with Crippen LogP contribution < -0.4 is 0 Å². The van der Waals surface area contributed by atoms with Crippen LogP contribution in [0.3, 0.4) is 0 Å². The lowest BCUT2D eigenvalue weighted by Gasteiger charge is -2.25. The van der Waals surface area contributed by atoms with E-state index in [1.807, 2.05) is 49.9 Å². The number of likely N-dealkylation sites (N-methyl/N-ethyl adjacent to an activating group) is 1. The molecule has 3 nitrogen and oxygen atoms in total. The number of nitriles is 1. The van der Waals surface area contributed by atoms with Crippen molar-refractivity contribution in [3.05, 3.63) is 35.4 Å². The number of nitrogens with zero attached hydrogens (tertiary/aromatic N) is 2. The number of ketones is 1. The van der Waals surface area contributed by atoms with Gasteiger partial charge in [0.05, 0.1) is 12.1 Å². The Morgan fingerprint density at radius 2 is 2.00 bits per heavy atom. The number of rotatable bonds is 6. The summed E-state index contributed by atoms with van der Waals surface area (Å²) in [4.78, 5) is 14.3. The Labute approximate surface area is 109 Å². The fourth-order valence-electron chi connectivity index (χ4n) is 1.94. The first-order chi connectivity index (χ1) is 8.60. The molecule has 0 aliphatic carbocycles. The van der Waals surface area contributed by atoms with Crippen LogP contribution in [0.5, 0.6) is 0 Å². The number of carbonyl (C=O) groups is 1.